The molecule has 0 aliphatic rings. The van der Waals surface area contributed by atoms with Crippen LogP contribution < -0.4 is 0 Å². The minimum Gasteiger partial charge on any atom is -0.304 e. The molecule has 3 aromatic carbocycles. The van der Waals surface area contributed by atoms with E-state index in [-0.39, 0.29) is 0 Å². The van der Waals surface area contributed by atoms with Gasteiger partial charge in [-0.3, -0.25) is 0 Å². The largest absolute Gasteiger partial charge is 0.304 e. The monoisotopic (exact) mass is 833 g/mol. The Kier molecular flexibility index (Phi) is 59.9. The number of fused-ring (bicyclic) bond motifs is 1. The van der Waals surface area contributed by atoms with Crippen molar-refractivity contribution < 1.29 is 9.59 Å². The van der Waals surface area contributed by atoms with E-state index in [1.807, 2.05) is 41.5 Å². The van der Waals surface area contributed by atoms with Crippen LogP contribution in [-0.2, 0) is 35.3 Å². The first-order chi connectivity index (χ1) is 29.6. The molecule has 0 bridgehead atoms. The second-order valence-corrected chi connectivity index (χ2v) is 15.3. The number of carbonyl (C=O) groups excluding carboxylic acids is 2. The van der Waals surface area contributed by atoms with Crippen molar-refractivity contribution in [2.75, 3.05) is 0 Å². The lowest BCUT2D eigenvalue weighted by molar-refractivity contribution is -0.106. The molecule has 2 heteroatoms. The van der Waals surface area contributed by atoms with Crippen molar-refractivity contribution in [1.82, 2.24) is 0 Å². The standard InChI is InChI=1S/C26H40.C22H38.2C2H4O.3C2H6/c1-3-5-7-9-10-12-14-18-24-22-21-23(17-13-11-8-6-4-2)25-19-15-16-20-26(24)25;1-3-5-7-9-10-12-14-16-22-19-17-21(18-20-22)15-13-11-8-6-4-2;2*1-2-3;3*1-2/h15-16,19-22H,3-14,17-18H2,1-2H3;17-20H,3-16H2,1-2H3;2*2H,1H3;3*1-2H3. The van der Waals surface area contributed by atoms with Gasteiger partial charge in [0.05, 0.1) is 0 Å². The fraction of sp³-hybridized carbons (Fsp3) is 0.690. The molecule has 3 aromatic rings. The molecule has 0 radical (unpaired) electrons. The first-order valence-corrected chi connectivity index (χ1v) is 25.9. The fourth-order valence-electron chi connectivity index (χ4n) is 7.14. The molecule has 0 N–H and O–H groups in total. The topological polar surface area (TPSA) is 34.1 Å². The van der Waals surface area contributed by atoms with Crippen molar-refractivity contribution in [3.05, 3.63) is 82.9 Å². The highest BCUT2D eigenvalue weighted by atomic mass is 16.1. The smallest absolute Gasteiger partial charge is 0.116 e. The maximum absolute atomic E-state index is 8.81. The van der Waals surface area contributed by atoms with Gasteiger partial charge in [0.15, 0.2) is 0 Å². The molecule has 0 fully saturated rings. The molecule has 0 amide bonds. The van der Waals surface area contributed by atoms with Crippen LogP contribution in [-0.4, -0.2) is 12.6 Å². The predicted octanol–water partition coefficient (Wildman–Crippen LogP) is 19.6. The summed E-state index contributed by atoms with van der Waals surface area (Å²) in [6.45, 7) is 24.0. The van der Waals surface area contributed by atoms with Crippen molar-refractivity contribution in [3.63, 3.8) is 0 Å². The number of hydrogen-bond donors (Lipinski definition) is 0. The third-order valence-corrected chi connectivity index (χ3v) is 10.4. The summed E-state index contributed by atoms with van der Waals surface area (Å²) < 4.78 is 0. The molecular weight excluding hydrogens is 729 g/mol. The van der Waals surface area contributed by atoms with E-state index in [1.54, 1.807) is 11.1 Å². The van der Waals surface area contributed by atoms with Crippen molar-refractivity contribution in [1.29, 1.82) is 0 Å². The second kappa shape index (κ2) is 56.3. The summed E-state index contributed by atoms with van der Waals surface area (Å²) in [7, 11) is 0. The molecule has 0 unspecified atom stereocenters. The van der Waals surface area contributed by atoms with Crippen LogP contribution in [0.15, 0.2) is 60.7 Å². The highest BCUT2D eigenvalue weighted by Crippen LogP contribution is 2.26. The summed E-state index contributed by atoms with van der Waals surface area (Å²) in [6.07, 6.45) is 39.8. The van der Waals surface area contributed by atoms with E-state index in [0.29, 0.717) is 0 Å². The summed E-state index contributed by atoms with van der Waals surface area (Å²) in [5, 5.41) is 3.01. The summed E-state index contributed by atoms with van der Waals surface area (Å²) in [4.78, 5) is 17.6. The number of hydrogen-bond acceptors (Lipinski definition) is 2. The van der Waals surface area contributed by atoms with E-state index in [2.05, 4.69) is 88.4 Å². The van der Waals surface area contributed by atoms with Crippen LogP contribution in [0.3, 0.4) is 0 Å². The van der Waals surface area contributed by atoms with Gasteiger partial charge in [0.2, 0.25) is 0 Å². The Morgan fingerprint density at radius 2 is 0.533 bits per heavy atom. The third kappa shape index (κ3) is 40.7. The van der Waals surface area contributed by atoms with Crippen LogP contribution >= 0.6 is 0 Å². The van der Waals surface area contributed by atoms with Gasteiger partial charge in [0.1, 0.15) is 12.6 Å². The average Bonchev–Trinajstić information content (AvgIpc) is 3.29. The Labute approximate surface area is 377 Å². The maximum atomic E-state index is 8.81. The maximum Gasteiger partial charge on any atom is 0.116 e. The Bertz CT molecular complexity index is 1220. The predicted molar refractivity (Wildman–Crippen MR) is 276 cm³/mol. The molecule has 3 rings (SSSR count). The molecule has 2 nitrogen and oxygen atoms in total. The van der Waals surface area contributed by atoms with Crippen LogP contribution in [0, 0.1) is 0 Å². The highest BCUT2D eigenvalue weighted by molar-refractivity contribution is 5.88. The molecule has 0 aliphatic carbocycles. The number of benzene rings is 3. The van der Waals surface area contributed by atoms with Gasteiger partial charge in [-0.2, -0.15) is 0 Å². The third-order valence-electron chi connectivity index (χ3n) is 10.4. The first-order valence-electron chi connectivity index (χ1n) is 25.9. The van der Waals surface area contributed by atoms with E-state index in [9.17, 15) is 0 Å². The zero-order valence-corrected chi connectivity index (χ0v) is 42.5. The van der Waals surface area contributed by atoms with Crippen LogP contribution in [0.1, 0.15) is 259 Å². The molecule has 0 spiro atoms. The lowest BCUT2D eigenvalue weighted by Gasteiger charge is -2.12. The zero-order valence-electron chi connectivity index (χ0n) is 42.5. The van der Waals surface area contributed by atoms with E-state index >= 15 is 0 Å². The van der Waals surface area contributed by atoms with Gasteiger partial charge in [-0.25, -0.2) is 0 Å². The van der Waals surface area contributed by atoms with Crippen molar-refractivity contribution >= 4 is 23.3 Å². The Morgan fingerprint density at radius 1 is 0.317 bits per heavy atom. The molecule has 0 saturated heterocycles. The summed E-state index contributed by atoms with van der Waals surface area (Å²) >= 11 is 0. The van der Waals surface area contributed by atoms with Gasteiger partial charge in [0.25, 0.3) is 0 Å². The van der Waals surface area contributed by atoms with Gasteiger partial charge >= 0.3 is 0 Å². The van der Waals surface area contributed by atoms with Gasteiger partial charge in [0, 0.05) is 0 Å². The minimum absolute atomic E-state index is 0.750. The van der Waals surface area contributed by atoms with Crippen molar-refractivity contribution in [3.8, 4) is 0 Å². The number of aryl methyl sites for hydroxylation is 4. The van der Waals surface area contributed by atoms with Crippen LogP contribution in [0.4, 0.5) is 0 Å². The lowest BCUT2D eigenvalue weighted by atomic mass is 9.93. The number of aldehydes is 2. The highest BCUT2D eigenvalue weighted by Gasteiger charge is 2.06. The fourth-order valence-corrected chi connectivity index (χ4v) is 7.14. The molecule has 60 heavy (non-hydrogen) atoms. The molecule has 348 valence electrons. The summed E-state index contributed by atoms with van der Waals surface area (Å²) in [5.41, 5.74) is 6.17. The normalized spacial score (nSPS) is 9.67. The SMILES string of the molecule is CC.CC.CC.CC=O.CC=O.CCCCCCCCCc1ccc(CCCCCCC)c2ccccc12.CCCCCCCCCc1ccc(CCCCCCC)cc1. The lowest BCUT2D eigenvalue weighted by Crippen LogP contribution is -1.94. The van der Waals surface area contributed by atoms with Gasteiger partial charge in [-0.1, -0.05) is 258 Å². The second-order valence-electron chi connectivity index (χ2n) is 15.3. The van der Waals surface area contributed by atoms with Crippen LogP contribution in [0.2, 0.25) is 0 Å². The van der Waals surface area contributed by atoms with E-state index in [1.165, 1.54) is 216 Å². The van der Waals surface area contributed by atoms with Gasteiger partial charge < -0.3 is 9.59 Å². The van der Waals surface area contributed by atoms with Crippen LogP contribution in [0.5, 0.6) is 0 Å². The van der Waals surface area contributed by atoms with Gasteiger partial charge in [-0.15, -0.1) is 0 Å². The molecular formula is C58H104O2. The van der Waals surface area contributed by atoms with Crippen LogP contribution in [0.25, 0.3) is 10.8 Å². The van der Waals surface area contributed by atoms with E-state index in [4.69, 9.17) is 9.59 Å². The van der Waals surface area contributed by atoms with E-state index in [0.717, 1.165) is 12.6 Å². The molecule has 0 saturated carbocycles. The number of unbranched alkanes of at least 4 members (excludes halogenated alkanes) is 20. The zero-order chi connectivity index (χ0) is 45.7. The Morgan fingerprint density at radius 3 is 0.783 bits per heavy atom. The van der Waals surface area contributed by atoms with E-state index < -0.39 is 0 Å². The Hall–Kier alpha value is -2.74. The molecule has 0 heterocycles. The summed E-state index contributed by atoms with van der Waals surface area (Å²) in [5.74, 6) is 0. The molecule has 0 aromatic heterocycles. The molecule has 0 atom stereocenters. The number of rotatable bonds is 28. The molecule has 0 aliphatic heterocycles. The Balaban J connectivity index is -0.000000419. The number of carbonyl (C=O) groups is 2. The summed E-state index contributed by atoms with van der Waals surface area (Å²) in [6, 6.07) is 23.4. The van der Waals surface area contributed by atoms with Crippen molar-refractivity contribution in [2.45, 2.75) is 263 Å². The van der Waals surface area contributed by atoms with Gasteiger partial charge in [-0.05, 0) is 98.2 Å². The quantitative estimate of drug-likeness (QED) is 0.0539. The van der Waals surface area contributed by atoms with Crippen molar-refractivity contribution in [2.24, 2.45) is 0 Å². The minimum atomic E-state index is 0.750. The average molecular weight is 833 g/mol. The first kappa shape index (κ1) is 63.9.